The van der Waals surface area contributed by atoms with E-state index in [-0.39, 0.29) is 6.29 Å². The first-order chi connectivity index (χ1) is 4.79. The van der Waals surface area contributed by atoms with Crippen molar-refractivity contribution in [3.63, 3.8) is 0 Å². The highest BCUT2D eigenvalue weighted by Gasteiger charge is 2.15. The van der Waals surface area contributed by atoms with E-state index in [2.05, 4.69) is 13.8 Å². The number of ether oxygens (including phenoxy) is 3. The van der Waals surface area contributed by atoms with Crippen LogP contribution >= 0.6 is 0 Å². The van der Waals surface area contributed by atoms with E-state index in [0.717, 1.165) is 6.42 Å². The molecule has 0 bridgehead atoms. The van der Waals surface area contributed by atoms with Crippen LogP contribution in [0.25, 0.3) is 0 Å². The van der Waals surface area contributed by atoms with Crippen LogP contribution in [-0.4, -0.2) is 19.9 Å². The molecule has 0 unspecified atom stereocenters. The standard InChI is InChI=1S/C7H14O3/c1-6(2)3-7-9-4-8-5-10-7/h6-7H,3-5H2,1-2H3. The Bertz CT molecular complexity index is 86.9. The Morgan fingerprint density at radius 1 is 1.30 bits per heavy atom. The summed E-state index contributed by atoms with van der Waals surface area (Å²) in [5.74, 6) is 0.614. The van der Waals surface area contributed by atoms with Crippen molar-refractivity contribution in [1.29, 1.82) is 0 Å². The molecule has 0 saturated carbocycles. The molecule has 0 amide bonds. The fourth-order valence-corrected chi connectivity index (χ4v) is 0.851. The highest BCUT2D eigenvalue weighted by molar-refractivity contribution is 4.49. The van der Waals surface area contributed by atoms with E-state index >= 15 is 0 Å². The Hall–Kier alpha value is -0.120. The van der Waals surface area contributed by atoms with Crippen LogP contribution < -0.4 is 0 Å². The van der Waals surface area contributed by atoms with Crippen LogP contribution in [0.4, 0.5) is 0 Å². The lowest BCUT2D eigenvalue weighted by atomic mass is 10.1. The molecule has 0 aliphatic carbocycles. The zero-order chi connectivity index (χ0) is 7.40. The minimum absolute atomic E-state index is 0.0475. The molecule has 0 aromatic rings. The monoisotopic (exact) mass is 146 g/mol. The number of rotatable bonds is 2. The van der Waals surface area contributed by atoms with Gasteiger partial charge in [0.25, 0.3) is 0 Å². The van der Waals surface area contributed by atoms with Crippen LogP contribution in [-0.2, 0) is 14.2 Å². The van der Waals surface area contributed by atoms with Crippen LogP contribution in [0.15, 0.2) is 0 Å². The zero-order valence-electron chi connectivity index (χ0n) is 6.50. The third kappa shape index (κ3) is 2.64. The molecule has 3 heteroatoms. The van der Waals surface area contributed by atoms with Crippen molar-refractivity contribution < 1.29 is 14.2 Å². The fraction of sp³-hybridized carbons (Fsp3) is 1.00. The fourth-order valence-electron chi connectivity index (χ4n) is 0.851. The van der Waals surface area contributed by atoms with Crippen molar-refractivity contribution in [2.24, 2.45) is 5.92 Å². The molecular weight excluding hydrogens is 132 g/mol. The highest BCUT2D eigenvalue weighted by Crippen LogP contribution is 2.12. The average molecular weight is 146 g/mol. The van der Waals surface area contributed by atoms with Gasteiger partial charge < -0.3 is 14.2 Å². The zero-order valence-corrected chi connectivity index (χ0v) is 6.50. The van der Waals surface area contributed by atoms with Crippen LogP contribution in [0.3, 0.4) is 0 Å². The highest BCUT2D eigenvalue weighted by atomic mass is 16.8. The minimum Gasteiger partial charge on any atom is -0.329 e. The molecule has 0 radical (unpaired) electrons. The summed E-state index contributed by atoms with van der Waals surface area (Å²) >= 11 is 0. The van der Waals surface area contributed by atoms with E-state index in [9.17, 15) is 0 Å². The SMILES string of the molecule is CC(C)CC1OCOCO1. The van der Waals surface area contributed by atoms with E-state index < -0.39 is 0 Å². The lowest BCUT2D eigenvalue weighted by Gasteiger charge is -2.24. The van der Waals surface area contributed by atoms with Gasteiger partial charge in [-0.25, -0.2) is 0 Å². The predicted octanol–water partition coefficient (Wildman–Crippen LogP) is 1.34. The molecule has 1 heterocycles. The maximum Gasteiger partial charge on any atom is 0.163 e. The Morgan fingerprint density at radius 3 is 2.40 bits per heavy atom. The first-order valence-electron chi connectivity index (χ1n) is 3.60. The normalized spacial score (nSPS) is 21.9. The van der Waals surface area contributed by atoms with Crippen molar-refractivity contribution in [3.05, 3.63) is 0 Å². The maximum absolute atomic E-state index is 5.14. The van der Waals surface area contributed by atoms with Gasteiger partial charge in [0, 0.05) is 6.42 Å². The second kappa shape index (κ2) is 3.91. The molecule has 1 saturated heterocycles. The molecule has 10 heavy (non-hydrogen) atoms. The summed E-state index contributed by atoms with van der Waals surface area (Å²) in [7, 11) is 0. The van der Waals surface area contributed by atoms with Gasteiger partial charge in [0.05, 0.1) is 0 Å². The third-order valence-corrected chi connectivity index (χ3v) is 1.34. The Balaban J connectivity index is 2.13. The summed E-state index contributed by atoms with van der Waals surface area (Å²) in [6.07, 6.45) is 0.900. The van der Waals surface area contributed by atoms with E-state index in [1.54, 1.807) is 0 Å². The molecule has 1 aliphatic heterocycles. The first kappa shape index (κ1) is 7.98. The summed E-state index contributed by atoms with van der Waals surface area (Å²) in [6, 6.07) is 0. The van der Waals surface area contributed by atoms with E-state index in [1.165, 1.54) is 0 Å². The van der Waals surface area contributed by atoms with E-state index in [1.807, 2.05) is 0 Å². The van der Waals surface area contributed by atoms with Crippen LogP contribution in [0.1, 0.15) is 20.3 Å². The quantitative estimate of drug-likeness (QED) is 0.588. The minimum atomic E-state index is -0.0475. The molecular formula is C7H14O3. The number of hydrogen-bond donors (Lipinski definition) is 0. The van der Waals surface area contributed by atoms with Crippen molar-refractivity contribution >= 4 is 0 Å². The van der Waals surface area contributed by atoms with E-state index in [0.29, 0.717) is 19.5 Å². The van der Waals surface area contributed by atoms with Crippen LogP contribution in [0.2, 0.25) is 0 Å². The molecule has 0 atom stereocenters. The summed E-state index contributed by atoms with van der Waals surface area (Å²) < 4.78 is 15.1. The van der Waals surface area contributed by atoms with Crippen molar-refractivity contribution in [2.45, 2.75) is 26.6 Å². The maximum atomic E-state index is 5.14. The van der Waals surface area contributed by atoms with Crippen LogP contribution in [0.5, 0.6) is 0 Å². The summed E-state index contributed by atoms with van der Waals surface area (Å²) in [6.45, 7) is 5.03. The average Bonchev–Trinajstić information content (AvgIpc) is 1.88. The molecule has 3 nitrogen and oxygen atoms in total. The molecule has 60 valence electrons. The molecule has 0 aromatic carbocycles. The molecule has 0 aromatic heterocycles. The topological polar surface area (TPSA) is 27.7 Å². The van der Waals surface area contributed by atoms with E-state index in [4.69, 9.17) is 14.2 Å². The smallest absolute Gasteiger partial charge is 0.163 e. The largest absolute Gasteiger partial charge is 0.329 e. The summed E-state index contributed by atoms with van der Waals surface area (Å²) in [5, 5.41) is 0. The van der Waals surface area contributed by atoms with Gasteiger partial charge >= 0.3 is 0 Å². The molecule has 0 spiro atoms. The van der Waals surface area contributed by atoms with Gasteiger partial charge in [-0.05, 0) is 5.92 Å². The lowest BCUT2D eigenvalue weighted by molar-refractivity contribution is -0.302. The Labute approximate surface area is 61.3 Å². The van der Waals surface area contributed by atoms with Gasteiger partial charge in [-0.2, -0.15) is 0 Å². The Kier molecular flexibility index (Phi) is 3.12. The van der Waals surface area contributed by atoms with Gasteiger partial charge in [-0.3, -0.25) is 0 Å². The van der Waals surface area contributed by atoms with Crippen molar-refractivity contribution in [2.75, 3.05) is 13.6 Å². The van der Waals surface area contributed by atoms with Crippen molar-refractivity contribution in [1.82, 2.24) is 0 Å². The second-order valence-electron chi connectivity index (χ2n) is 2.83. The third-order valence-electron chi connectivity index (χ3n) is 1.34. The molecule has 1 rings (SSSR count). The molecule has 1 aliphatic rings. The van der Waals surface area contributed by atoms with Gasteiger partial charge in [-0.15, -0.1) is 0 Å². The lowest BCUT2D eigenvalue weighted by Crippen LogP contribution is -2.27. The molecule has 0 N–H and O–H groups in total. The van der Waals surface area contributed by atoms with Gasteiger partial charge in [-0.1, -0.05) is 13.8 Å². The van der Waals surface area contributed by atoms with Gasteiger partial charge in [0.2, 0.25) is 0 Å². The van der Waals surface area contributed by atoms with Crippen LogP contribution in [0, 0.1) is 5.92 Å². The van der Waals surface area contributed by atoms with Crippen molar-refractivity contribution in [3.8, 4) is 0 Å². The predicted molar refractivity (Wildman–Crippen MR) is 36.2 cm³/mol. The Morgan fingerprint density at radius 2 is 1.90 bits per heavy atom. The summed E-state index contributed by atoms with van der Waals surface area (Å²) in [5.41, 5.74) is 0. The van der Waals surface area contributed by atoms with Gasteiger partial charge in [0.1, 0.15) is 0 Å². The molecule has 1 fully saturated rings. The first-order valence-corrected chi connectivity index (χ1v) is 3.60. The summed E-state index contributed by atoms with van der Waals surface area (Å²) in [4.78, 5) is 0. The number of hydrogen-bond acceptors (Lipinski definition) is 3. The van der Waals surface area contributed by atoms with Gasteiger partial charge in [0.15, 0.2) is 19.9 Å². The second-order valence-corrected chi connectivity index (χ2v) is 2.83.